The van der Waals surface area contributed by atoms with Crippen molar-refractivity contribution in [1.29, 1.82) is 0 Å². The van der Waals surface area contributed by atoms with Crippen molar-refractivity contribution in [2.45, 2.75) is 47.5 Å². The summed E-state index contributed by atoms with van der Waals surface area (Å²) in [6.45, 7) is 11.6. The normalized spacial score (nSPS) is 12.7. The molecule has 0 atom stereocenters. The highest BCUT2D eigenvalue weighted by Gasteiger charge is 2.22. The summed E-state index contributed by atoms with van der Waals surface area (Å²) >= 11 is 0. The molecule has 0 spiro atoms. The first-order valence-corrected chi connectivity index (χ1v) is 4.06. The first-order valence-electron chi connectivity index (χ1n) is 4.06. The van der Waals surface area contributed by atoms with Gasteiger partial charge >= 0.3 is 0 Å². The molecule has 0 N–H and O–H groups in total. The van der Waals surface area contributed by atoms with Gasteiger partial charge in [0.25, 0.3) is 0 Å². The average Bonchev–Trinajstić information content (AvgIpc) is 1.86. The molecule has 0 saturated carbocycles. The molecule has 56 valence electrons. The second-order valence-corrected chi connectivity index (χ2v) is 3.52. The molecule has 0 radical (unpaired) electrons. The summed E-state index contributed by atoms with van der Waals surface area (Å²) in [5, 5.41) is 0. The van der Waals surface area contributed by atoms with E-state index in [4.69, 9.17) is 0 Å². The van der Waals surface area contributed by atoms with Crippen LogP contribution in [-0.4, -0.2) is 0 Å². The molecule has 0 aromatic rings. The minimum Gasteiger partial charge on any atom is -0.0649 e. The van der Waals surface area contributed by atoms with Gasteiger partial charge in [0.15, 0.2) is 0 Å². The Labute approximate surface area is 59.7 Å². The van der Waals surface area contributed by atoms with Gasteiger partial charge in [0.1, 0.15) is 0 Å². The maximum Gasteiger partial charge on any atom is -0.0308 e. The summed E-state index contributed by atoms with van der Waals surface area (Å²) in [5.41, 5.74) is 0.583. The van der Waals surface area contributed by atoms with Gasteiger partial charge in [0, 0.05) is 0 Å². The Balaban J connectivity index is 3.92. The van der Waals surface area contributed by atoms with Crippen LogP contribution < -0.4 is 0 Å². The molecular weight excluding hydrogens is 108 g/mol. The summed E-state index contributed by atoms with van der Waals surface area (Å²) in [7, 11) is 0. The third-order valence-electron chi connectivity index (χ3n) is 3.01. The van der Waals surface area contributed by atoms with Gasteiger partial charge in [-0.15, -0.1) is 0 Å². The lowest BCUT2D eigenvalue weighted by Gasteiger charge is -2.31. The number of hydrogen-bond donors (Lipinski definition) is 0. The molecule has 0 unspecified atom stereocenters. The van der Waals surface area contributed by atoms with Crippen molar-refractivity contribution in [3.8, 4) is 0 Å². The van der Waals surface area contributed by atoms with Crippen molar-refractivity contribution in [3.05, 3.63) is 0 Å². The zero-order chi connectivity index (χ0) is 7.49. The maximum absolute atomic E-state index is 2.37. The predicted octanol–water partition coefficient (Wildman–Crippen LogP) is 3.47. The van der Waals surface area contributed by atoms with Crippen molar-refractivity contribution in [2.24, 2.45) is 11.3 Å². The van der Waals surface area contributed by atoms with Gasteiger partial charge in [0.2, 0.25) is 0 Å². The van der Waals surface area contributed by atoms with Gasteiger partial charge in [-0.2, -0.15) is 0 Å². The SMILES string of the molecule is CCC(C)(CC)C(C)C. The standard InChI is InChI=1S/C9H20/c1-6-9(5,7-2)8(3)4/h8H,6-7H2,1-5H3. The molecule has 0 heteroatoms. The van der Waals surface area contributed by atoms with Gasteiger partial charge in [-0.25, -0.2) is 0 Å². The first-order chi connectivity index (χ1) is 4.06. The zero-order valence-electron chi connectivity index (χ0n) is 7.49. The first kappa shape index (κ1) is 9.00. The van der Waals surface area contributed by atoms with Crippen molar-refractivity contribution in [3.63, 3.8) is 0 Å². The smallest absolute Gasteiger partial charge is 0.0308 e. The molecule has 0 aliphatic carbocycles. The monoisotopic (exact) mass is 128 g/mol. The van der Waals surface area contributed by atoms with Gasteiger partial charge in [-0.1, -0.05) is 47.5 Å². The molecule has 0 aromatic heterocycles. The molecule has 0 aliphatic heterocycles. The second kappa shape index (κ2) is 3.24. The Morgan fingerprint density at radius 2 is 1.44 bits per heavy atom. The van der Waals surface area contributed by atoms with E-state index in [1.54, 1.807) is 0 Å². The molecule has 0 amide bonds. The zero-order valence-corrected chi connectivity index (χ0v) is 7.49. The summed E-state index contributed by atoms with van der Waals surface area (Å²) in [6.07, 6.45) is 2.61. The number of rotatable bonds is 3. The second-order valence-electron chi connectivity index (χ2n) is 3.52. The van der Waals surface area contributed by atoms with Crippen LogP contribution in [0.1, 0.15) is 47.5 Å². The van der Waals surface area contributed by atoms with E-state index in [-0.39, 0.29) is 0 Å². The van der Waals surface area contributed by atoms with Crippen molar-refractivity contribution in [1.82, 2.24) is 0 Å². The van der Waals surface area contributed by atoms with Crippen molar-refractivity contribution >= 4 is 0 Å². The Kier molecular flexibility index (Phi) is 3.24. The van der Waals surface area contributed by atoms with E-state index in [0.717, 1.165) is 5.92 Å². The van der Waals surface area contributed by atoms with Gasteiger partial charge < -0.3 is 0 Å². The Hall–Kier alpha value is 0. The molecule has 0 aliphatic rings. The fourth-order valence-corrected chi connectivity index (χ4v) is 1.07. The third kappa shape index (κ3) is 2.00. The van der Waals surface area contributed by atoms with Crippen LogP contribution in [0.4, 0.5) is 0 Å². The molecule has 9 heavy (non-hydrogen) atoms. The average molecular weight is 128 g/mol. The Morgan fingerprint density at radius 3 is 1.44 bits per heavy atom. The fraction of sp³-hybridized carbons (Fsp3) is 1.00. The van der Waals surface area contributed by atoms with Crippen LogP contribution >= 0.6 is 0 Å². The van der Waals surface area contributed by atoms with Crippen molar-refractivity contribution < 1.29 is 0 Å². The van der Waals surface area contributed by atoms with Crippen LogP contribution in [0.2, 0.25) is 0 Å². The molecule has 0 bridgehead atoms. The third-order valence-corrected chi connectivity index (χ3v) is 3.01. The van der Waals surface area contributed by atoms with Crippen LogP contribution in [0.25, 0.3) is 0 Å². The van der Waals surface area contributed by atoms with E-state index >= 15 is 0 Å². The Bertz CT molecular complexity index is 68.1. The highest BCUT2D eigenvalue weighted by Crippen LogP contribution is 2.33. The predicted molar refractivity (Wildman–Crippen MR) is 43.5 cm³/mol. The number of hydrogen-bond acceptors (Lipinski definition) is 0. The lowest BCUT2D eigenvalue weighted by molar-refractivity contribution is 0.200. The minimum atomic E-state index is 0.583. The maximum atomic E-state index is 2.37. The largest absolute Gasteiger partial charge is 0.0649 e. The summed E-state index contributed by atoms with van der Waals surface area (Å²) in [6, 6.07) is 0. The quantitative estimate of drug-likeness (QED) is 0.546. The topological polar surface area (TPSA) is 0 Å². The van der Waals surface area contributed by atoms with Crippen LogP contribution in [0.3, 0.4) is 0 Å². The van der Waals surface area contributed by atoms with Gasteiger partial charge in [0.05, 0.1) is 0 Å². The van der Waals surface area contributed by atoms with E-state index in [1.165, 1.54) is 12.8 Å². The molecule has 0 nitrogen and oxygen atoms in total. The molecule has 0 rings (SSSR count). The summed E-state index contributed by atoms with van der Waals surface area (Å²) in [4.78, 5) is 0. The van der Waals surface area contributed by atoms with Crippen molar-refractivity contribution in [2.75, 3.05) is 0 Å². The van der Waals surface area contributed by atoms with E-state index < -0.39 is 0 Å². The molecular formula is C9H20. The van der Waals surface area contributed by atoms with Crippen LogP contribution in [0.5, 0.6) is 0 Å². The minimum absolute atomic E-state index is 0.583. The van der Waals surface area contributed by atoms with Gasteiger partial charge in [-0.05, 0) is 11.3 Å². The van der Waals surface area contributed by atoms with Crippen LogP contribution in [0, 0.1) is 11.3 Å². The Morgan fingerprint density at radius 1 is 1.11 bits per heavy atom. The van der Waals surface area contributed by atoms with E-state index in [2.05, 4.69) is 34.6 Å². The summed E-state index contributed by atoms with van der Waals surface area (Å²) in [5.74, 6) is 0.826. The molecule has 0 aromatic carbocycles. The molecule has 0 heterocycles. The van der Waals surface area contributed by atoms with E-state index in [0.29, 0.717) is 5.41 Å². The van der Waals surface area contributed by atoms with Gasteiger partial charge in [-0.3, -0.25) is 0 Å². The van der Waals surface area contributed by atoms with Crippen LogP contribution in [-0.2, 0) is 0 Å². The summed E-state index contributed by atoms with van der Waals surface area (Å²) < 4.78 is 0. The van der Waals surface area contributed by atoms with E-state index in [1.807, 2.05) is 0 Å². The van der Waals surface area contributed by atoms with Crippen LogP contribution in [0.15, 0.2) is 0 Å². The molecule has 0 fully saturated rings. The molecule has 0 saturated heterocycles. The lowest BCUT2D eigenvalue weighted by Crippen LogP contribution is -2.20. The van der Waals surface area contributed by atoms with E-state index in [9.17, 15) is 0 Å². The highest BCUT2D eigenvalue weighted by atomic mass is 14.3. The lowest BCUT2D eigenvalue weighted by atomic mass is 9.75. The highest BCUT2D eigenvalue weighted by molar-refractivity contribution is 4.73. The fourth-order valence-electron chi connectivity index (χ4n) is 1.07.